The van der Waals surface area contributed by atoms with Crippen molar-refractivity contribution in [2.24, 2.45) is 0 Å². The quantitative estimate of drug-likeness (QED) is 0.737. The zero-order valence-electron chi connectivity index (χ0n) is 11.8. The number of esters is 1. The Morgan fingerprint density at radius 3 is 2.67 bits per heavy atom. The topological polar surface area (TPSA) is 92.7 Å². The normalized spacial score (nSPS) is 11.5. The number of hydrogen-bond acceptors (Lipinski definition) is 5. The summed E-state index contributed by atoms with van der Waals surface area (Å²) in [6.07, 6.45) is 1.53. The van der Waals surface area contributed by atoms with Crippen LogP contribution in [0.3, 0.4) is 0 Å². The van der Waals surface area contributed by atoms with Crippen molar-refractivity contribution in [2.75, 3.05) is 13.4 Å². The molecule has 0 unspecified atom stereocenters. The second kappa shape index (κ2) is 8.31. The minimum Gasteiger partial charge on any atom is -0.480 e. The number of methoxy groups -OCH3 is 1. The molecule has 0 saturated heterocycles. The van der Waals surface area contributed by atoms with Crippen LogP contribution < -0.4 is 5.32 Å². The first-order chi connectivity index (χ1) is 9.97. The van der Waals surface area contributed by atoms with Crippen molar-refractivity contribution in [3.05, 3.63) is 35.4 Å². The number of carbonyl (C=O) groups excluding carboxylic acids is 2. The Balaban J connectivity index is 2.79. The maximum atomic E-state index is 12.1. The fourth-order valence-corrected chi connectivity index (χ4v) is 2.17. The lowest BCUT2D eigenvalue weighted by Gasteiger charge is -2.13. The van der Waals surface area contributed by atoms with Gasteiger partial charge >= 0.3 is 11.9 Å². The minimum atomic E-state index is -1.31. The highest BCUT2D eigenvalue weighted by Gasteiger charge is 2.24. The van der Waals surface area contributed by atoms with Crippen LogP contribution in [0.1, 0.15) is 22.3 Å². The van der Waals surface area contributed by atoms with E-state index in [1.807, 2.05) is 12.3 Å². The van der Waals surface area contributed by atoms with E-state index in [1.165, 1.54) is 0 Å². The van der Waals surface area contributed by atoms with Crippen molar-refractivity contribution >= 4 is 29.6 Å². The Bertz CT molecular complexity index is 532. The Morgan fingerprint density at radius 1 is 1.38 bits per heavy atom. The van der Waals surface area contributed by atoms with Gasteiger partial charge in [-0.1, -0.05) is 12.1 Å². The highest BCUT2D eigenvalue weighted by molar-refractivity contribution is 7.97. The number of ether oxygens (including phenoxy) is 1. The molecular weight excluding hydrogens is 294 g/mol. The zero-order valence-corrected chi connectivity index (χ0v) is 12.6. The third kappa shape index (κ3) is 5.47. The molecule has 0 heterocycles. The maximum Gasteiger partial charge on any atom is 0.326 e. The molecule has 1 aromatic carbocycles. The molecule has 0 spiro atoms. The van der Waals surface area contributed by atoms with E-state index in [4.69, 9.17) is 5.11 Å². The number of nitrogens with one attached hydrogen (secondary N) is 1. The number of carboxylic acids is 1. The zero-order chi connectivity index (χ0) is 15.8. The molecule has 114 valence electrons. The van der Waals surface area contributed by atoms with E-state index in [-0.39, 0.29) is 0 Å². The third-order valence-electron chi connectivity index (χ3n) is 2.70. The average molecular weight is 311 g/mol. The Labute approximate surface area is 126 Å². The van der Waals surface area contributed by atoms with Gasteiger partial charge in [-0.2, -0.15) is 11.8 Å². The second-order valence-corrected chi connectivity index (χ2v) is 5.14. The van der Waals surface area contributed by atoms with Crippen LogP contribution in [-0.4, -0.2) is 42.4 Å². The van der Waals surface area contributed by atoms with E-state index in [9.17, 15) is 14.4 Å². The molecule has 0 aliphatic heterocycles. The van der Waals surface area contributed by atoms with Crippen molar-refractivity contribution in [1.82, 2.24) is 5.32 Å². The van der Waals surface area contributed by atoms with Crippen molar-refractivity contribution in [2.45, 2.75) is 18.2 Å². The van der Waals surface area contributed by atoms with Crippen molar-refractivity contribution in [3.8, 4) is 0 Å². The summed E-state index contributed by atoms with van der Waals surface area (Å²) in [5, 5.41) is 11.3. The van der Waals surface area contributed by atoms with Crippen LogP contribution in [-0.2, 0) is 20.1 Å². The highest BCUT2D eigenvalue weighted by Crippen LogP contribution is 2.11. The minimum absolute atomic E-state index is 0.359. The first-order valence-corrected chi connectivity index (χ1v) is 7.55. The number of carboxylic acid groups (broad SMARTS) is 1. The van der Waals surface area contributed by atoms with Crippen LogP contribution in [0.15, 0.2) is 24.3 Å². The Hall–Kier alpha value is -2.02. The van der Waals surface area contributed by atoms with Gasteiger partial charge in [0.25, 0.3) is 5.91 Å². The lowest BCUT2D eigenvalue weighted by Crippen LogP contribution is -2.42. The van der Waals surface area contributed by atoms with E-state index in [0.29, 0.717) is 5.56 Å². The first kappa shape index (κ1) is 17.0. The number of thioether (sulfide) groups is 1. The molecule has 0 radical (unpaired) electrons. The van der Waals surface area contributed by atoms with Gasteiger partial charge in [-0.3, -0.25) is 9.59 Å². The number of benzene rings is 1. The molecule has 0 aliphatic carbocycles. The predicted molar refractivity (Wildman–Crippen MR) is 79.2 cm³/mol. The number of rotatable bonds is 7. The maximum absolute atomic E-state index is 12.1. The van der Waals surface area contributed by atoms with Gasteiger partial charge in [0.05, 0.1) is 13.5 Å². The van der Waals surface area contributed by atoms with Crippen LogP contribution in [0.25, 0.3) is 0 Å². The Kier molecular flexibility index (Phi) is 6.74. The number of hydrogen-bond donors (Lipinski definition) is 2. The van der Waals surface area contributed by atoms with Gasteiger partial charge in [-0.15, -0.1) is 0 Å². The van der Waals surface area contributed by atoms with E-state index in [1.54, 1.807) is 30.0 Å². The highest BCUT2D eigenvalue weighted by atomic mass is 32.2. The summed E-state index contributed by atoms with van der Waals surface area (Å²) in [7, 11) is 1.16. The summed E-state index contributed by atoms with van der Waals surface area (Å²) in [5.41, 5.74) is 1.33. The molecule has 21 heavy (non-hydrogen) atoms. The SMILES string of the molecule is COC(=O)C[C@H](NC(=O)c1cccc(CSC)c1)C(=O)O. The summed E-state index contributed by atoms with van der Waals surface area (Å²) in [4.78, 5) is 34.3. The molecule has 6 nitrogen and oxygen atoms in total. The first-order valence-electron chi connectivity index (χ1n) is 6.16. The standard InChI is InChI=1S/C14H17NO5S/c1-20-12(16)7-11(14(18)19)15-13(17)10-5-3-4-9(6-10)8-21-2/h3-6,11H,7-8H2,1-2H3,(H,15,17)(H,18,19)/t11-/m0/s1. The molecule has 0 aliphatic rings. The van der Waals surface area contributed by atoms with Crippen LogP contribution in [0.5, 0.6) is 0 Å². The van der Waals surface area contributed by atoms with Gasteiger partial charge in [0.15, 0.2) is 0 Å². The summed E-state index contributed by atoms with van der Waals surface area (Å²) < 4.78 is 4.41. The smallest absolute Gasteiger partial charge is 0.326 e. The van der Waals surface area contributed by atoms with Gasteiger partial charge in [0.2, 0.25) is 0 Å². The predicted octanol–water partition coefficient (Wildman–Crippen LogP) is 1.30. The lowest BCUT2D eigenvalue weighted by atomic mass is 10.1. The van der Waals surface area contributed by atoms with Crippen LogP contribution >= 0.6 is 11.8 Å². The molecule has 1 atom stereocenters. The molecule has 0 fully saturated rings. The van der Waals surface area contributed by atoms with E-state index >= 15 is 0 Å². The lowest BCUT2D eigenvalue weighted by molar-refractivity contribution is -0.147. The number of amides is 1. The van der Waals surface area contributed by atoms with Crippen molar-refractivity contribution < 1.29 is 24.2 Å². The van der Waals surface area contributed by atoms with Crippen LogP contribution in [0, 0.1) is 0 Å². The molecular formula is C14H17NO5S. The fraction of sp³-hybridized carbons (Fsp3) is 0.357. The summed E-state index contributed by atoms with van der Waals surface area (Å²) >= 11 is 1.62. The second-order valence-electron chi connectivity index (χ2n) is 4.28. The molecule has 0 bridgehead atoms. The molecule has 1 rings (SSSR count). The largest absolute Gasteiger partial charge is 0.480 e. The average Bonchev–Trinajstić information content (AvgIpc) is 2.46. The van der Waals surface area contributed by atoms with Crippen molar-refractivity contribution in [3.63, 3.8) is 0 Å². The van der Waals surface area contributed by atoms with E-state index in [0.717, 1.165) is 18.4 Å². The number of carbonyl (C=O) groups is 3. The van der Waals surface area contributed by atoms with Crippen LogP contribution in [0.2, 0.25) is 0 Å². The molecule has 2 N–H and O–H groups in total. The molecule has 0 saturated carbocycles. The van der Waals surface area contributed by atoms with E-state index in [2.05, 4.69) is 10.1 Å². The summed E-state index contributed by atoms with van der Waals surface area (Å²) in [6.45, 7) is 0. The fourth-order valence-electron chi connectivity index (χ4n) is 1.66. The molecule has 1 aromatic rings. The van der Waals surface area contributed by atoms with Crippen LogP contribution in [0.4, 0.5) is 0 Å². The molecule has 7 heteroatoms. The molecule has 1 amide bonds. The Morgan fingerprint density at radius 2 is 2.10 bits per heavy atom. The van der Waals surface area contributed by atoms with Gasteiger partial charge in [0, 0.05) is 11.3 Å². The third-order valence-corrected chi connectivity index (χ3v) is 3.32. The van der Waals surface area contributed by atoms with Gasteiger partial charge < -0.3 is 15.2 Å². The van der Waals surface area contributed by atoms with E-state index < -0.39 is 30.3 Å². The number of aliphatic carboxylic acids is 1. The van der Waals surface area contributed by atoms with Gasteiger partial charge in [-0.25, -0.2) is 4.79 Å². The van der Waals surface area contributed by atoms with Crippen molar-refractivity contribution in [1.29, 1.82) is 0 Å². The summed E-state index contributed by atoms with van der Waals surface area (Å²) in [5.74, 6) is -1.76. The molecule has 0 aromatic heterocycles. The monoisotopic (exact) mass is 311 g/mol. The van der Waals surface area contributed by atoms with Gasteiger partial charge in [-0.05, 0) is 24.0 Å². The van der Waals surface area contributed by atoms with Gasteiger partial charge in [0.1, 0.15) is 6.04 Å². The summed E-state index contributed by atoms with van der Waals surface area (Å²) in [6, 6.07) is 5.60.